The topological polar surface area (TPSA) is 85.7 Å². The van der Waals surface area contributed by atoms with Gasteiger partial charge in [0.15, 0.2) is 11.4 Å². The molecule has 11 heteroatoms. The molecule has 0 atom stereocenters. The number of para-hydroxylation sites is 1. The SMILES string of the molecule is CC(C)(C)N(Cc1ccccc1)C(=O)On1nc(C(F)(F)F)cc1C(=O)Nc1cccc(Oc2ccccc2)c1. The van der Waals surface area contributed by atoms with E-state index >= 15 is 0 Å². The molecule has 3 aromatic carbocycles. The normalized spacial score (nSPS) is 11.6. The van der Waals surface area contributed by atoms with Gasteiger partial charge in [-0.1, -0.05) is 59.4 Å². The molecule has 40 heavy (non-hydrogen) atoms. The number of amides is 2. The van der Waals surface area contributed by atoms with Gasteiger partial charge in [0.05, 0.1) is 0 Å². The van der Waals surface area contributed by atoms with Crippen molar-refractivity contribution < 1.29 is 32.3 Å². The molecule has 0 aliphatic carbocycles. The third kappa shape index (κ3) is 7.19. The Balaban J connectivity index is 1.58. The lowest BCUT2D eigenvalue weighted by Gasteiger charge is -2.34. The van der Waals surface area contributed by atoms with E-state index in [1.807, 2.05) is 12.1 Å². The van der Waals surface area contributed by atoms with E-state index in [4.69, 9.17) is 9.57 Å². The Hall–Kier alpha value is -4.80. The number of ether oxygens (including phenoxy) is 1. The van der Waals surface area contributed by atoms with E-state index in [-0.39, 0.29) is 12.2 Å². The third-order valence-electron chi connectivity index (χ3n) is 5.65. The number of hydrogen-bond acceptors (Lipinski definition) is 5. The molecule has 1 N–H and O–H groups in total. The minimum atomic E-state index is -4.89. The summed E-state index contributed by atoms with van der Waals surface area (Å²) in [7, 11) is 0. The van der Waals surface area contributed by atoms with Gasteiger partial charge >= 0.3 is 12.3 Å². The Morgan fingerprint density at radius 3 is 2.12 bits per heavy atom. The van der Waals surface area contributed by atoms with E-state index in [1.165, 1.54) is 17.0 Å². The largest absolute Gasteiger partial charge is 0.457 e. The molecule has 0 bridgehead atoms. The van der Waals surface area contributed by atoms with Crippen molar-refractivity contribution in [3.05, 3.63) is 108 Å². The molecule has 1 aromatic heterocycles. The predicted octanol–water partition coefficient (Wildman–Crippen LogP) is 6.80. The van der Waals surface area contributed by atoms with Gasteiger partial charge in [-0.2, -0.15) is 13.2 Å². The Bertz CT molecular complexity index is 1470. The average Bonchev–Trinajstić information content (AvgIpc) is 3.32. The second kappa shape index (κ2) is 11.5. The summed E-state index contributed by atoms with van der Waals surface area (Å²) in [5.74, 6) is -0.0237. The summed E-state index contributed by atoms with van der Waals surface area (Å²) in [4.78, 5) is 33.2. The van der Waals surface area contributed by atoms with Gasteiger partial charge in [0.2, 0.25) is 0 Å². The van der Waals surface area contributed by atoms with E-state index in [2.05, 4.69) is 10.4 Å². The third-order valence-corrected chi connectivity index (χ3v) is 5.65. The zero-order valence-electron chi connectivity index (χ0n) is 22.0. The van der Waals surface area contributed by atoms with Crippen LogP contribution in [0.15, 0.2) is 91.0 Å². The lowest BCUT2D eigenvalue weighted by Crippen LogP contribution is -2.48. The van der Waals surface area contributed by atoms with Crippen molar-refractivity contribution >= 4 is 17.7 Å². The number of aromatic nitrogens is 2. The maximum Gasteiger partial charge on any atom is 0.436 e. The van der Waals surface area contributed by atoms with Gasteiger partial charge in [-0.3, -0.25) is 14.5 Å². The highest BCUT2D eigenvalue weighted by Gasteiger charge is 2.38. The van der Waals surface area contributed by atoms with Crippen LogP contribution in [0.4, 0.5) is 23.7 Å². The monoisotopic (exact) mass is 552 g/mol. The number of carbonyl (C=O) groups is 2. The van der Waals surface area contributed by atoms with Crippen LogP contribution in [0.5, 0.6) is 11.5 Å². The highest BCUT2D eigenvalue weighted by Crippen LogP contribution is 2.29. The fourth-order valence-corrected chi connectivity index (χ4v) is 3.65. The number of halogens is 3. The summed E-state index contributed by atoms with van der Waals surface area (Å²) in [6.45, 7) is 5.37. The van der Waals surface area contributed by atoms with Crippen LogP contribution in [0.2, 0.25) is 0 Å². The van der Waals surface area contributed by atoms with Gasteiger partial charge < -0.3 is 10.1 Å². The van der Waals surface area contributed by atoms with E-state index in [0.29, 0.717) is 22.4 Å². The lowest BCUT2D eigenvalue weighted by atomic mass is 10.1. The molecule has 0 radical (unpaired) electrons. The van der Waals surface area contributed by atoms with Crippen LogP contribution in [0.1, 0.15) is 42.5 Å². The molecule has 0 fully saturated rings. The molecular formula is C29H27F3N4O4. The van der Waals surface area contributed by atoms with Crippen LogP contribution >= 0.6 is 0 Å². The summed E-state index contributed by atoms with van der Waals surface area (Å²) < 4.78 is 46.3. The number of benzene rings is 3. The molecule has 208 valence electrons. The van der Waals surface area contributed by atoms with Crippen LogP contribution in [-0.4, -0.2) is 32.4 Å². The molecule has 0 spiro atoms. The van der Waals surface area contributed by atoms with E-state index in [0.717, 1.165) is 5.56 Å². The Morgan fingerprint density at radius 2 is 1.50 bits per heavy atom. The first-order chi connectivity index (χ1) is 18.9. The van der Waals surface area contributed by atoms with Gasteiger partial charge in [-0.05, 0) is 50.6 Å². The number of hydrogen-bond donors (Lipinski definition) is 1. The quantitative estimate of drug-likeness (QED) is 0.273. The number of anilines is 1. The second-order valence-electron chi connectivity index (χ2n) is 9.78. The van der Waals surface area contributed by atoms with E-state index < -0.39 is 35.1 Å². The minimum absolute atomic E-state index is 0.117. The van der Waals surface area contributed by atoms with Crippen molar-refractivity contribution in [3.8, 4) is 11.5 Å². The lowest BCUT2D eigenvalue weighted by molar-refractivity contribution is -0.142. The summed E-state index contributed by atoms with van der Waals surface area (Å²) >= 11 is 0. The predicted molar refractivity (Wildman–Crippen MR) is 142 cm³/mol. The Kier molecular flexibility index (Phi) is 8.13. The maximum absolute atomic E-state index is 13.5. The molecule has 0 saturated carbocycles. The maximum atomic E-state index is 13.5. The number of alkyl halides is 3. The standard InChI is InChI=1S/C29H27F3N4O4/c1-28(2,3)35(19-20-11-6-4-7-12-20)27(38)40-36-24(18-25(34-36)29(30,31)32)26(37)33-21-13-10-16-23(17-21)39-22-14-8-5-9-15-22/h4-18H,19H2,1-3H3,(H,33,37). The number of rotatable bonds is 7. The van der Waals surface area contributed by atoms with Gasteiger partial charge in [0, 0.05) is 29.9 Å². The summed E-state index contributed by atoms with van der Waals surface area (Å²) in [5.41, 5.74) is -1.76. The van der Waals surface area contributed by atoms with E-state index in [1.54, 1.807) is 81.4 Å². The van der Waals surface area contributed by atoms with Crippen molar-refractivity contribution in [3.63, 3.8) is 0 Å². The first kappa shape index (κ1) is 28.2. The van der Waals surface area contributed by atoms with Crippen molar-refractivity contribution in [1.29, 1.82) is 0 Å². The molecule has 0 saturated heterocycles. The molecule has 4 aromatic rings. The molecule has 8 nitrogen and oxygen atoms in total. The number of nitrogens with zero attached hydrogens (tertiary/aromatic N) is 3. The highest BCUT2D eigenvalue weighted by atomic mass is 19.4. The van der Waals surface area contributed by atoms with Gasteiger partial charge in [0.25, 0.3) is 5.91 Å². The van der Waals surface area contributed by atoms with Crippen LogP contribution in [0.3, 0.4) is 0 Å². The molecular weight excluding hydrogens is 525 g/mol. The van der Waals surface area contributed by atoms with Gasteiger partial charge in [-0.15, -0.1) is 5.10 Å². The molecule has 2 amide bonds. The van der Waals surface area contributed by atoms with Crippen LogP contribution < -0.4 is 14.9 Å². The van der Waals surface area contributed by atoms with Crippen molar-refractivity contribution in [2.75, 3.05) is 5.32 Å². The first-order valence-electron chi connectivity index (χ1n) is 12.3. The van der Waals surface area contributed by atoms with Crippen LogP contribution in [0, 0.1) is 0 Å². The molecule has 0 aliphatic rings. The minimum Gasteiger partial charge on any atom is -0.457 e. The Labute approximate surface area is 228 Å². The number of nitrogens with one attached hydrogen (secondary N) is 1. The average molecular weight is 553 g/mol. The fourth-order valence-electron chi connectivity index (χ4n) is 3.65. The molecule has 1 heterocycles. The van der Waals surface area contributed by atoms with Gasteiger partial charge in [-0.25, -0.2) is 4.79 Å². The summed E-state index contributed by atoms with van der Waals surface area (Å²) in [6, 6.07) is 24.8. The zero-order chi connectivity index (χ0) is 28.9. The van der Waals surface area contributed by atoms with Crippen LogP contribution in [-0.2, 0) is 12.7 Å². The number of carbonyl (C=O) groups excluding carboxylic acids is 2. The van der Waals surface area contributed by atoms with Gasteiger partial charge in [0.1, 0.15) is 11.5 Å². The summed E-state index contributed by atoms with van der Waals surface area (Å²) in [5, 5.41) is 5.88. The molecule has 4 rings (SSSR count). The summed E-state index contributed by atoms with van der Waals surface area (Å²) in [6.07, 6.45) is -5.87. The van der Waals surface area contributed by atoms with Crippen molar-refractivity contribution in [2.24, 2.45) is 0 Å². The smallest absolute Gasteiger partial charge is 0.436 e. The van der Waals surface area contributed by atoms with Crippen molar-refractivity contribution in [1.82, 2.24) is 14.8 Å². The zero-order valence-corrected chi connectivity index (χ0v) is 22.0. The van der Waals surface area contributed by atoms with Crippen molar-refractivity contribution in [2.45, 2.75) is 39.0 Å². The fraction of sp³-hybridized carbons (Fsp3) is 0.207. The Morgan fingerprint density at radius 1 is 0.875 bits per heavy atom. The molecule has 0 unspecified atom stereocenters. The highest BCUT2D eigenvalue weighted by molar-refractivity contribution is 6.03. The van der Waals surface area contributed by atoms with Crippen LogP contribution in [0.25, 0.3) is 0 Å². The van der Waals surface area contributed by atoms with E-state index in [9.17, 15) is 22.8 Å². The first-order valence-corrected chi connectivity index (χ1v) is 12.3. The molecule has 0 aliphatic heterocycles. The second-order valence-corrected chi connectivity index (χ2v) is 9.78.